The maximum absolute atomic E-state index is 10.8. The van der Waals surface area contributed by atoms with Gasteiger partial charge in [-0.15, -0.1) is 0 Å². The predicted octanol–water partition coefficient (Wildman–Crippen LogP) is 5.47. The Morgan fingerprint density at radius 3 is 1.96 bits per heavy atom. The Kier molecular flexibility index (Phi) is 5.63. The monoisotopic (exact) mass is 326 g/mol. The molecule has 2 aromatic carbocycles. The van der Waals surface area contributed by atoms with Crippen LogP contribution in [0.1, 0.15) is 25.0 Å². The summed E-state index contributed by atoms with van der Waals surface area (Å²) < 4.78 is 0. The van der Waals surface area contributed by atoms with E-state index in [2.05, 4.69) is 35.0 Å². The van der Waals surface area contributed by atoms with Crippen molar-refractivity contribution in [3.05, 3.63) is 57.6 Å². The summed E-state index contributed by atoms with van der Waals surface area (Å²) in [5.41, 5.74) is 4.43. The molecule has 0 radical (unpaired) electrons. The predicted molar refractivity (Wildman–Crippen MR) is 96.7 cm³/mol. The van der Waals surface area contributed by atoms with E-state index in [1.54, 1.807) is 13.0 Å². The number of hydrogen-bond acceptors (Lipinski definition) is 5. The second-order valence-electron chi connectivity index (χ2n) is 5.57. The van der Waals surface area contributed by atoms with Crippen molar-refractivity contribution in [3.8, 4) is 0 Å². The fraction of sp³-hybridized carbons (Fsp3) is 0.333. The molecule has 0 saturated heterocycles. The van der Waals surface area contributed by atoms with Gasteiger partial charge in [-0.3, -0.25) is 10.1 Å². The van der Waals surface area contributed by atoms with Gasteiger partial charge < -0.3 is 4.90 Å². The third kappa shape index (κ3) is 3.95. The molecule has 0 spiro atoms. The zero-order chi connectivity index (χ0) is 17.7. The minimum absolute atomic E-state index is 0.0613. The lowest BCUT2D eigenvalue weighted by atomic mass is 10.1. The Morgan fingerprint density at radius 2 is 1.50 bits per heavy atom. The van der Waals surface area contributed by atoms with Crippen LogP contribution in [0.5, 0.6) is 0 Å². The van der Waals surface area contributed by atoms with E-state index in [0.717, 1.165) is 29.9 Å². The Morgan fingerprint density at radius 1 is 0.958 bits per heavy atom. The van der Waals surface area contributed by atoms with Crippen LogP contribution >= 0.6 is 0 Å². The average Bonchev–Trinajstić information content (AvgIpc) is 2.56. The van der Waals surface area contributed by atoms with Crippen molar-refractivity contribution in [2.45, 2.75) is 27.7 Å². The summed E-state index contributed by atoms with van der Waals surface area (Å²) in [6, 6.07) is 10.7. The molecule has 0 aliphatic rings. The Balaban J connectivity index is 2.25. The first-order valence-corrected chi connectivity index (χ1v) is 7.98. The van der Waals surface area contributed by atoms with E-state index < -0.39 is 4.92 Å². The number of non-ortho nitro benzene ring substituents is 1. The normalized spacial score (nSPS) is 11.0. The van der Waals surface area contributed by atoms with Crippen molar-refractivity contribution >= 4 is 22.7 Å². The van der Waals surface area contributed by atoms with Gasteiger partial charge in [0.25, 0.3) is 5.69 Å². The topological polar surface area (TPSA) is 71.1 Å². The molecule has 2 aromatic rings. The molecule has 0 aromatic heterocycles. The molecule has 0 unspecified atom stereocenters. The maximum Gasteiger partial charge on any atom is 0.269 e. The van der Waals surface area contributed by atoms with Gasteiger partial charge in [0.2, 0.25) is 0 Å². The second-order valence-corrected chi connectivity index (χ2v) is 5.57. The van der Waals surface area contributed by atoms with E-state index in [-0.39, 0.29) is 5.69 Å². The van der Waals surface area contributed by atoms with Crippen molar-refractivity contribution in [3.63, 3.8) is 0 Å². The van der Waals surface area contributed by atoms with Gasteiger partial charge in [-0.2, -0.15) is 10.2 Å². The number of nitro groups is 1. The van der Waals surface area contributed by atoms with E-state index in [1.165, 1.54) is 17.8 Å². The molecule has 0 atom stereocenters. The van der Waals surface area contributed by atoms with E-state index in [9.17, 15) is 10.1 Å². The molecule has 0 fully saturated rings. The van der Waals surface area contributed by atoms with Crippen LogP contribution in [0, 0.1) is 24.0 Å². The van der Waals surface area contributed by atoms with Crippen molar-refractivity contribution in [2.75, 3.05) is 18.0 Å². The fourth-order valence-electron chi connectivity index (χ4n) is 2.51. The summed E-state index contributed by atoms with van der Waals surface area (Å²) >= 11 is 0. The minimum atomic E-state index is -0.413. The number of anilines is 1. The molecule has 0 aliphatic carbocycles. The van der Waals surface area contributed by atoms with Gasteiger partial charge in [0, 0.05) is 30.9 Å². The van der Waals surface area contributed by atoms with Crippen LogP contribution in [0.2, 0.25) is 0 Å². The Hall–Kier alpha value is -2.76. The molecule has 24 heavy (non-hydrogen) atoms. The van der Waals surface area contributed by atoms with Crippen molar-refractivity contribution < 1.29 is 4.92 Å². The second kappa shape index (κ2) is 7.68. The molecule has 126 valence electrons. The highest BCUT2D eigenvalue weighted by molar-refractivity contribution is 5.58. The van der Waals surface area contributed by atoms with E-state index in [4.69, 9.17) is 0 Å². The molecule has 0 aliphatic heterocycles. The third-order valence-corrected chi connectivity index (χ3v) is 3.97. The number of nitrogens with zero attached hydrogens (tertiary/aromatic N) is 4. The van der Waals surface area contributed by atoms with Crippen molar-refractivity contribution in [1.29, 1.82) is 0 Å². The van der Waals surface area contributed by atoms with Crippen molar-refractivity contribution in [2.24, 2.45) is 10.2 Å². The number of nitro benzene ring substituents is 1. The van der Waals surface area contributed by atoms with E-state index in [1.807, 2.05) is 19.1 Å². The number of aryl methyl sites for hydroxylation is 2. The molecule has 6 heteroatoms. The number of rotatable bonds is 6. The highest BCUT2D eigenvalue weighted by atomic mass is 16.6. The van der Waals surface area contributed by atoms with Gasteiger partial charge >= 0.3 is 0 Å². The standard InChI is InChI=1S/C18H22N4O2/c1-5-21(6-2)15-7-9-17(13(3)11-15)19-20-18-10-8-16(22(23)24)12-14(18)4/h7-12H,5-6H2,1-4H3. The SMILES string of the molecule is CCN(CC)c1ccc(N=Nc2ccc([N+](=O)[O-])cc2C)c(C)c1. The van der Waals surface area contributed by atoms with Crippen LogP contribution in [-0.4, -0.2) is 18.0 Å². The van der Waals surface area contributed by atoms with E-state index in [0.29, 0.717) is 5.69 Å². The summed E-state index contributed by atoms with van der Waals surface area (Å²) in [7, 11) is 0. The quantitative estimate of drug-likeness (QED) is 0.401. The summed E-state index contributed by atoms with van der Waals surface area (Å²) in [5, 5.41) is 19.3. The number of azo groups is 1. The largest absolute Gasteiger partial charge is 0.372 e. The molecule has 0 N–H and O–H groups in total. The van der Waals surface area contributed by atoms with Crippen LogP contribution in [0.15, 0.2) is 46.6 Å². The first-order chi connectivity index (χ1) is 11.5. The lowest BCUT2D eigenvalue weighted by molar-refractivity contribution is -0.384. The van der Waals surface area contributed by atoms with Crippen LogP contribution in [-0.2, 0) is 0 Å². The van der Waals surface area contributed by atoms with Gasteiger partial charge in [0.15, 0.2) is 0 Å². The third-order valence-electron chi connectivity index (χ3n) is 3.97. The van der Waals surface area contributed by atoms with Gasteiger partial charge in [0.05, 0.1) is 16.3 Å². The first kappa shape index (κ1) is 17.6. The summed E-state index contributed by atoms with van der Waals surface area (Å²) in [5.74, 6) is 0. The number of hydrogen-bond donors (Lipinski definition) is 0. The summed E-state index contributed by atoms with van der Waals surface area (Å²) in [6.45, 7) is 9.97. The minimum Gasteiger partial charge on any atom is -0.372 e. The molecular weight excluding hydrogens is 304 g/mol. The molecule has 0 saturated carbocycles. The van der Waals surface area contributed by atoms with Crippen LogP contribution in [0.3, 0.4) is 0 Å². The highest BCUT2D eigenvalue weighted by Gasteiger charge is 2.08. The molecule has 0 amide bonds. The van der Waals surface area contributed by atoms with Gasteiger partial charge in [-0.25, -0.2) is 0 Å². The lowest BCUT2D eigenvalue weighted by Crippen LogP contribution is -2.21. The highest BCUT2D eigenvalue weighted by Crippen LogP contribution is 2.29. The lowest BCUT2D eigenvalue weighted by Gasteiger charge is -2.21. The molecule has 6 nitrogen and oxygen atoms in total. The maximum atomic E-state index is 10.8. The zero-order valence-electron chi connectivity index (χ0n) is 14.5. The molecule has 0 heterocycles. The first-order valence-electron chi connectivity index (χ1n) is 7.98. The van der Waals surface area contributed by atoms with Crippen molar-refractivity contribution in [1.82, 2.24) is 0 Å². The van der Waals surface area contributed by atoms with Crippen LogP contribution < -0.4 is 4.90 Å². The molecule has 0 bridgehead atoms. The van der Waals surface area contributed by atoms with Crippen LogP contribution in [0.4, 0.5) is 22.7 Å². The smallest absolute Gasteiger partial charge is 0.269 e. The Bertz CT molecular complexity index is 768. The van der Waals surface area contributed by atoms with Gasteiger partial charge in [-0.05, 0) is 63.1 Å². The number of benzene rings is 2. The average molecular weight is 326 g/mol. The molecular formula is C18H22N4O2. The summed E-state index contributed by atoms with van der Waals surface area (Å²) in [4.78, 5) is 12.6. The van der Waals surface area contributed by atoms with Gasteiger partial charge in [0.1, 0.15) is 0 Å². The Labute approximate surface area is 142 Å². The fourth-order valence-corrected chi connectivity index (χ4v) is 2.51. The van der Waals surface area contributed by atoms with Crippen LogP contribution in [0.25, 0.3) is 0 Å². The summed E-state index contributed by atoms with van der Waals surface area (Å²) in [6.07, 6.45) is 0. The zero-order valence-corrected chi connectivity index (χ0v) is 14.5. The van der Waals surface area contributed by atoms with E-state index >= 15 is 0 Å². The van der Waals surface area contributed by atoms with Gasteiger partial charge in [-0.1, -0.05) is 0 Å². The molecule has 2 rings (SSSR count).